The summed E-state index contributed by atoms with van der Waals surface area (Å²) in [6.45, 7) is 6.43. The maximum absolute atomic E-state index is 11.4. The zero-order valence-corrected chi connectivity index (χ0v) is 10.6. The summed E-state index contributed by atoms with van der Waals surface area (Å²) in [7, 11) is 0. The van der Waals surface area contributed by atoms with Crippen LogP contribution in [0.5, 0.6) is 0 Å². The fraction of sp³-hybridized carbons (Fsp3) is 0.833. The van der Waals surface area contributed by atoms with Crippen molar-refractivity contribution in [1.82, 2.24) is 10.2 Å². The number of hydrogen-bond acceptors (Lipinski definition) is 4. The Bertz CT molecular complexity index is 288. The SMILES string of the molecule is CCOC(=O)NC1CC(CC)CN(CC#N)C1. The highest BCUT2D eigenvalue weighted by Gasteiger charge is 2.27. The second kappa shape index (κ2) is 7.13. The van der Waals surface area contributed by atoms with E-state index in [9.17, 15) is 4.79 Å². The molecule has 5 heteroatoms. The summed E-state index contributed by atoms with van der Waals surface area (Å²) >= 11 is 0. The number of carbonyl (C=O) groups is 1. The van der Waals surface area contributed by atoms with Crippen molar-refractivity contribution in [3.8, 4) is 6.07 Å². The van der Waals surface area contributed by atoms with Gasteiger partial charge in [0.05, 0.1) is 19.2 Å². The lowest BCUT2D eigenvalue weighted by molar-refractivity contribution is 0.122. The van der Waals surface area contributed by atoms with Crippen LogP contribution in [0.1, 0.15) is 26.7 Å². The number of hydrogen-bond donors (Lipinski definition) is 1. The molecule has 0 aliphatic carbocycles. The summed E-state index contributed by atoms with van der Waals surface area (Å²) < 4.78 is 4.88. The number of nitriles is 1. The van der Waals surface area contributed by atoms with Crippen molar-refractivity contribution < 1.29 is 9.53 Å². The minimum absolute atomic E-state index is 0.0982. The monoisotopic (exact) mass is 239 g/mol. The minimum atomic E-state index is -0.355. The molecule has 1 amide bonds. The number of likely N-dealkylation sites (tertiary alicyclic amines) is 1. The molecule has 0 bridgehead atoms. The number of ether oxygens (including phenoxy) is 1. The third-order valence-electron chi connectivity index (χ3n) is 3.08. The van der Waals surface area contributed by atoms with Gasteiger partial charge in [0.15, 0.2) is 0 Å². The topological polar surface area (TPSA) is 65.4 Å². The van der Waals surface area contributed by atoms with E-state index in [0.29, 0.717) is 19.1 Å². The molecule has 1 rings (SSSR count). The van der Waals surface area contributed by atoms with Crippen LogP contribution in [0.25, 0.3) is 0 Å². The number of alkyl carbamates (subject to hydrolysis) is 1. The first-order chi connectivity index (χ1) is 8.19. The van der Waals surface area contributed by atoms with E-state index in [1.807, 2.05) is 0 Å². The molecule has 1 saturated heterocycles. The average molecular weight is 239 g/mol. The number of rotatable bonds is 4. The molecule has 5 nitrogen and oxygen atoms in total. The summed E-state index contributed by atoms with van der Waals surface area (Å²) in [5.74, 6) is 0.545. The molecular formula is C12H21N3O2. The van der Waals surface area contributed by atoms with Gasteiger partial charge in [-0.25, -0.2) is 4.79 Å². The van der Waals surface area contributed by atoms with E-state index in [-0.39, 0.29) is 12.1 Å². The van der Waals surface area contributed by atoms with Crippen LogP contribution in [-0.4, -0.2) is 43.3 Å². The zero-order valence-electron chi connectivity index (χ0n) is 10.6. The molecule has 1 aliphatic heterocycles. The van der Waals surface area contributed by atoms with Gasteiger partial charge in [0, 0.05) is 19.1 Å². The normalized spacial score (nSPS) is 25.0. The van der Waals surface area contributed by atoms with Crippen molar-refractivity contribution in [3.05, 3.63) is 0 Å². The smallest absolute Gasteiger partial charge is 0.407 e. The lowest BCUT2D eigenvalue weighted by atomic mass is 9.92. The predicted octanol–water partition coefficient (Wildman–Crippen LogP) is 1.36. The van der Waals surface area contributed by atoms with Gasteiger partial charge in [-0.3, -0.25) is 4.90 Å². The van der Waals surface area contributed by atoms with Crippen LogP contribution in [0, 0.1) is 17.2 Å². The number of carbonyl (C=O) groups excluding carboxylic acids is 1. The third kappa shape index (κ3) is 4.61. The molecular weight excluding hydrogens is 218 g/mol. The zero-order chi connectivity index (χ0) is 12.7. The molecule has 1 N–H and O–H groups in total. The highest BCUT2D eigenvalue weighted by molar-refractivity contribution is 5.67. The maximum atomic E-state index is 11.4. The Balaban J connectivity index is 2.47. The van der Waals surface area contributed by atoms with Crippen LogP contribution in [-0.2, 0) is 4.74 Å². The van der Waals surface area contributed by atoms with E-state index in [2.05, 4.69) is 23.2 Å². The van der Waals surface area contributed by atoms with Gasteiger partial charge in [0.1, 0.15) is 0 Å². The van der Waals surface area contributed by atoms with Gasteiger partial charge in [-0.05, 0) is 19.3 Å². The first kappa shape index (κ1) is 13.8. The number of nitrogens with zero attached hydrogens (tertiary/aromatic N) is 2. The fourth-order valence-corrected chi connectivity index (χ4v) is 2.27. The van der Waals surface area contributed by atoms with E-state index >= 15 is 0 Å². The minimum Gasteiger partial charge on any atom is -0.450 e. The molecule has 96 valence electrons. The highest BCUT2D eigenvalue weighted by Crippen LogP contribution is 2.19. The van der Waals surface area contributed by atoms with Crippen molar-refractivity contribution in [2.45, 2.75) is 32.7 Å². The van der Waals surface area contributed by atoms with Crippen LogP contribution in [0.3, 0.4) is 0 Å². The van der Waals surface area contributed by atoms with Crippen LogP contribution >= 0.6 is 0 Å². The molecule has 2 unspecified atom stereocenters. The van der Waals surface area contributed by atoms with Gasteiger partial charge in [0.25, 0.3) is 0 Å². The lowest BCUT2D eigenvalue weighted by Gasteiger charge is -2.36. The van der Waals surface area contributed by atoms with Crippen LogP contribution in [0.15, 0.2) is 0 Å². The van der Waals surface area contributed by atoms with Crippen molar-refractivity contribution in [2.75, 3.05) is 26.2 Å². The molecule has 2 atom stereocenters. The third-order valence-corrected chi connectivity index (χ3v) is 3.08. The van der Waals surface area contributed by atoms with E-state index in [4.69, 9.17) is 10.00 Å². The molecule has 0 aromatic rings. The number of piperidine rings is 1. The average Bonchev–Trinajstić information content (AvgIpc) is 2.29. The lowest BCUT2D eigenvalue weighted by Crippen LogP contribution is -2.50. The fourth-order valence-electron chi connectivity index (χ4n) is 2.27. The standard InChI is InChI=1S/C12H21N3O2/c1-3-10-7-11(14-12(16)17-4-2)9-15(8-10)6-5-13/h10-11H,3-4,6-9H2,1-2H3,(H,14,16). The van der Waals surface area contributed by atoms with Gasteiger partial charge in [-0.1, -0.05) is 13.3 Å². The number of amides is 1. The van der Waals surface area contributed by atoms with Gasteiger partial charge >= 0.3 is 6.09 Å². The van der Waals surface area contributed by atoms with E-state index < -0.39 is 0 Å². The Morgan fingerprint density at radius 1 is 1.53 bits per heavy atom. The molecule has 1 aliphatic rings. The molecule has 0 spiro atoms. The Labute approximate surface area is 103 Å². The molecule has 17 heavy (non-hydrogen) atoms. The second-order valence-electron chi connectivity index (χ2n) is 4.42. The van der Waals surface area contributed by atoms with Gasteiger partial charge < -0.3 is 10.1 Å². The van der Waals surface area contributed by atoms with Gasteiger partial charge in [0.2, 0.25) is 0 Å². The second-order valence-corrected chi connectivity index (χ2v) is 4.42. The first-order valence-electron chi connectivity index (χ1n) is 6.22. The van der Waals surface area contributed by atoms with E-state index in [1.165, 1.54) is 0 Å². The largest absolute Gasteiger partial charge is 0.450 e. The van der Waals surface area contributed by atoms with Gasteiger partial charge in [-0.15, -0.1) is 0 Å². The Hall–Kier alpha value is -1.28. The Kier molecular flexibility index (Phi) is 5.78. The number of nitrogens with one attached hydrogen (secondary N) is 1. The summed E-state index contributed by atoms with van der Waals surface area (Å²) in [5, 5.41) is 11.6. The molecule has 1 fully saturated rings. The van der Waals surface area contributed by atoms with E-state index in [0.717, 1.165) is 25.9 Å². The van der Waals surface area contributed by atoms with Crippen LogP contribution < -0.4 is 5.32 Å². The summed E-state index contributed by atoms with van der Waals surface area (Å²) in [4.78, 5) is 13.4. The van der Waals surface area contributed by atoms with Crippen LogP contribution in [0.4, 0.5) is 4.79 Å². The maximum Gasteiger partial charge on any atom is 0.407 e. The van der Waals surface area contributed by atoms with Crippen molar-refractivity contribution in [1.29, 1.82) is 5.26 Å². The quantitative estimate of drug-likeness (QED) is 0.752. The van der Waals surface area contributed by atoms with Crippen molar-refractivity contribution in [3.63, 3.8) is 0 Å². The highest BCUT2D eigenvalue weighted by atomic mass is 16.5. The van der Waals surface area contributed by atoms with E-state index in [1.54, 1.807) is 6.92 Å². The molecule has 0 radical (unpaired) electrons. The summed E-state index contributed by atoms with van der Waals surface area (Å²) in [6, 6.07) is 2.26. The predicted molar refractivity (Wildman–Crippen MR) is 64.4 cm³/mol. The van der Waals surface area contributed by atoms with Crippen molar-refractivity contribution >= 4 is 6.09 Å². The molecule has 0 aromatic carbocycles. The van der Waals surface area contributed by atoms with Crippen LogP contribution in [0.2, 0.25) is 0 Å². The summed E-state index contributed by atoms with van der Waals surface area (Å²) in [6.07, 6.45) is 1.69. The first-order valence-corrected chi connectivity index (χ1v) is 6.22. The Morgan fingerprint density at radius 3 is 2.88 bits per heavy atom. The Morgan fingerprint density at radius 2 is 2.29 bits per heavy atom. The van der Waals surface area contributed by atoms with Gasteiger partial charge in [-0.2, -0.15) is 5.26 Å². The van der Waals surface area contributed by atoms with Crippen molar-refractivity contribution in [2.24, 2.45) is 5.92 Å². The molecule has 0 aromatic heterocycles. The molecule has 1 heterocycles. The molecule has 0 saturated carbocycles. The summed E-state index contributed by atoms with van der Waals surface area (Å²) in [5.41, 5.74) is 0.